The summed E-state index contributed by atoms with van der Waals surface area (Å²) in [6.07, 6.45) is 4.12. The van der Waals surface area contributed by atoms with E-state index in [9.17, 15) is 8.42 Å². The van der Waals surface area contributed by atoms with E-state index >= 15 is 0 Å². The maximum atomic E-state index is 12.5. The number of anilines is 2. The van der Waals surface area contributed by atoms with Crippen LogP contribution in [0.3, 0.4) is 0 Å². The average Bonchev–Trinajstić information content (AvgIpc) is 3.07. The number of likely N-dealkylation sites (N-methyl/N-ethyl adjacent to an activating group) is 1. The van der Waals surface area contributed by atoms with Gasteiger partial charge in [0.15, 0.2) is 0 Å². The van der Waals surface area contributed by atoms with Crippen LogP contribution < -0.4 is 19.3 Å². The van der Waals surface area contributed by atoms with Crippen LogP contribution in [0.5, 0.6) is 5.75 Å². The van der Waals surface area contributed by atoms with Gasteiger partial charge in [0.1, 0.15) is 5.75 Å². The highest BCUT2D eigenvalue weighted by molar-refractivity contribution is 7.92. The van der Waals surface area contributed by atoms with Crippen molar-refractivity contribution in [2.45, 2.75) is 44.3 Å². The summed E-state index contributed by atoms with van der Waals surface area (Å²) in [6, 6.07) is 14.9. The first-order valence-electron chi connectivity index (χ1n) is 10.5. The maximum absolute atomic E-state index is 12.5. The van der Waals surface area contributed by atoms with Gasteiger partial charge in [0.05, 0.1) is 30.8 Å². The second-order valence-corrected chi connectivity index (χ2v) is 10.3. The molecule has 0 amide bonds. The Balaban J connectivity index is 1.75. The Hall–Kier alpha value is -2.25. The van der Waals surface area contributed by atoms with Crippen molar-refractivity contribution in [3.63, 3.8) is 0 Å². The standard InChI is InChI=1S/C23H31N3O3S/c1-16-13-18-14-22(29-3)21(15-20(18)26(16)30(4,27)28)25(2)19-11-8-12-24-23(19)17-9-6-5-7-10-17/h5-7,9-10,14-16,19,23-24H,8,11-13H2,1-4H3/t16?,19-,23-/m0/s1. The second-order valence-electron chi connectivity index (χ2n) is 8.43. The zero-order valence-electron chi connectivity index (χ0n) is 18.1. The van der Waals surface area contributed by atoms with E-state index in [1.807, 2.05) is 25.1 Å². The van der Waals surface area contributed by atoms with E-state index < -0.39 is 10.0 Å². The van der Waals surface area contributed by atoms with Gasteiger partial charge in [-0.25, -0.2) is 8.42 Å². The molecule has 2 heterocycles. The highest BCUT2D eigenvalue weighted by Gasteiger charge is 2.36. The van der Waals surface area contributed by atoms with E-state index in [4.69, 9.17) is 4.74 Å². The Labute approximate surface area is 179 Å². The summed E-state index contributed by atoms with van der Waals surface area (Å²) in [5.74, 6) is 0.788. The summed E-state index contributed by atoms with van der Waals surface area (Å²) in [4.78, 5) is 2.26. The van der Waals surface area contributed by atoms with Crippen LogP contribution in [0.2, 0.25) is 0 Å². The second kappa shape index (κ2) is 8.12. The molecule has 6 nitrogen and oxygen atoms in total. The normalized spacial score (nSPS) is 23.9. The molecule has 2 aliphatic heterocycles. The minimum Gasteiger partial charge on any atom is -0.495 e. The summed E-state index contributed by atoms with van der Waals surface area (Å²) in [7, 11) is 0.420. The van der Waals surface area contributed by atoms with E-state index in [-0.39, 0.29) is 18.1 Å². The van der Waals surface area contributed by atoms with Crippen LogP contribution in [0.1, 0.15) is 36.9 Å². The molecule has 30 heavy (non-hydrogen) atoms. The first-order valence-corrected chi connectivity index (χ1v) is 12.4. The van der Waals surface area contributed by atoms with Crippen molar-refractivity contribution in [3.05, 3.63) is 53.6 Å². The number of fused-ring (bicyclic) bond motifs is 1. The Morgan fingerprint density at radius 1 is 1.20 bits per heavy atom. The fourth-order valence-electron chi connectivity index (χ4n) is 5.02. The van der Waals surface area contributed by atoms with E-state index in [1.165, 1.54) is 11.8 Å². The fraction of sp³-hybridized carbons (Fsp3) is 0.478. The van der Waals surface area contributed by atoms with Crippen LogP contribution in [0.25, 0.3) is 0 Å². The Morgan fingerprint density at radius 2 is 1.93 bits per heavy atom. The molecule has 0 bridgehead atoms. The smallest absolute Gasteiger partial charge is 0.232 e. The molecule has 2 aromatic carbocycles. The third-order valence-electron chi connectivity index (χ3n) is 6.35. The molecule has 1 N–H and O–H groups in total. The van der Waals surface area contributed by atoms with E-state index in [2.05, 4.69) is 41.5 Å². The van der Waals surface area contributed by atoms with E-state index in [1.54, 1.807) is 11.4 Å². The van der Waals surface area contributed by atoms with Crippen molar-refractivity contribution >= 4 is 21.4 Å². The lowest BCUT2D eigenvalue weighted by Crippen LogP contribution is -2.47. The Bertz CT molecular complexity index is 1010. The minimum atomic E-state index is -3.34. The largest absolute Gasteiger partial charge is 0.495 e. The predicted molar refractivity (Wildman–Crippen MR) is 122 cm³/mol. The topological polar surface area (TPSA) is 61.9 Å². The van der Waals surface area contributed by atoms with Crippen LogP contribution in [0.15, 0.2) is 42.5 Å². The molecule has 0 aliphatic carbocycles. The van der Waals surface area contributed by atoms with Gasteiger partial charge in [0.2, 0.25) is 10.0 Å². The third kappa shape index (κ3) is 3.76. The minimum absolute atomic E-state index is 0.0892. The number of methoxy groups -OCH3 is 1. The Morgan fingerprint density at radius 3 is 2.60 bits per heavy atom. The lowest BCUT2D eigenvalue weighted by atomic mass is 9.91. The molecule has 1 fully saturated rings. The zero-order valence-corrected chi connectivity index (χ0v) is 18.9. The number of rotatable bonds is 5. The molecular formula is C23H31N3O3S. The van der Waals surface area contributed by atoms with Gasteiger partial charge in [0.25, 0.3) is 0 Å². The van der Waals surface area contributed by atoms with Gasteiger partial charge in [-0.2, -0.15) is 0 Å². The van der Waals surface area contributed by atoms with E-state index in [0.717, 1.165) is 42.1 Å². The number of nitrogens with one attached hydrogen (secondary N) is 1. The van der Waals surface area contributed by atoms with Crippen LogP contribution in [0.4, 0.5) is 11.4 Å². The first-order chi connectivity index (χ1) is 14.3. The fourth-order valence-corrected chi connectivity index (χ4v) is 6.27. The summed E-state index contributed by atoms with van der Waals surface area (Å²) >= 11 is 0. The molecule has 0 aromatic heterocycles. The van der Waals surface area contributed by atoms with Crippen molar-refractivity contribution in [3.8, 4) is 5.75 Å². The number of nitrogens with zero attached hydrogens (tertiary/aromatic N) is 2. The number of benzene rings is 2. The molecular weight excluding hydrogens is 398 g/mol. The highest BCUT2D eigenvalue weighted by Crippen LogP contribution is 2.43. The molecule has 1 saturated heterocycles. The van der Waals surface area contributed by atoms with Gasteiger partial charge in [-0.3, -0.25) is 4.31 Å². The summed E-state index contributed by atoms with van der Waals surface area (Å²) in [5.41, 5.74) is 3.98. The third-order valence-corrected chi connectivity index (χ3v) is 7.62. The SMILES string of the molecule is COc1cc2c(cc1N(C)[C@H]1CCCN[C@H]1c1ccccc1)N(S(C)(=O)=O)C(C)C2. The van der Waals surface area contributed by atoms with Gasteiger partial charge in [-0.1, -0.05) is 30.3 Å². The molecule has 3 atom stereocenters. The van der Waals surface area contributed by atoms with Crippen LogP contribution in [-0.2, 0) is 16.4 Å². The van der Waals surface area contributed by atoms with Gasteiger partial charge < -0.3 is 15.0 Å². The first kappa shape index (κ1) is 21.0. The van der Waals surface area contributed by atoms with Crippen molar-refractivity contribution in [1.29, 1.82) is 0 Å². The number of hydrogen-bond acceptors (Lipinski definition) is 5. The van der Waals surface area contributed by atoms with Crippen molar-refractivity contribution in [2.24, 2.45) is 0 Å². The Kier molecular flexibility index (Phi) is 5.68. The van der Waals surface area contributed by atoms with Crippen molar-refractivity contribution in [2.75, 3.05) is 36.2 Å². The van der Waals surface area contributed by atoms with Gasteiger partial charge in [-0.05, 0) is 56.0 Å². The molecule has 0 radical (unpaired) electrons. The van der Waals surface area contributed by atoms with Gasteiger partial charge in [-0.15, -0.1) is 0 Å². The van der Waals surface area contributed by atoms with Crippen LogP contribution in [-0.4, -0.2) is 47.5 Å². The van der Waals surface area contributed by atoms with Crippen molar-refractivity contribution < 1.29 is 13.2 Å². The molecule has 2 aliphatic rings. The highest BCUT2D eigenvalue weighted by atomic mass is 32.2. The maximum Gasteiger partial charge on any atom is 0.232 e. The molecule has 1 unspecified atom stereocenters. The molecule has 2 aromatic rings. The van der Waals surface area contributed by atoms with Crippen LogP contribution >= 0.6 is 0 Å². The zero-order chi connectivity index (χ0) is 21.5. The van der Waals surface area contributed by atoms with Gasteiger partial charge >= 0.3 is 0 Å². The van der Waals surface area contributed by atoms with Gasteiger partial charge in [0, 0.05) is 19.1 Å². The monoisotopic (exact) mass is 429 g/mol. The van der Waals surface area contributed by atoms with E-state index in [0.29, 0.717) is 6.42 Å². The van der Waals surface area contributed by atoms with Crippen LogP contribution in [0, 0.1) is 0 Å². The number of hydrogen-bond donors (Lipinski definition) is 1. The molecule has 0 spiro atoms. The number of piperidine rings is 1. The predicted octanol–water partition coefficient (Wildman–Crippen LogP) is 3.34. The summed E-state index contributed by atoms with van der Waals surface area (Å²) in [5, 5.41) is 3.68. The lowest BCUT2D eigenvalue weighted by molar-refractivity contribution is 0.344. The number of ether oxygens (including phenoxy) is 1. The molecule has 162 valence electrons. The summed E-state index contributed by atoms with van der Waals surface area (Å²) < 4.78 is 32.2. The lowest BCUT2D eigenvalue weighted by Gasteiger charge is -2.40. The quantitative estimate of drug-likeness (QED) is 0.790. The number of sulfonamides is 1. The molecule has 4 rings (SSSR count). The van der Waals surface area contributed by atoms with Crippen molar-refractivity contribution in [1.82, 2.24) is 5.32 Å². The molecule has 7 heteroatoms. The summed E-state index contributed by atoms with van der Waals surface area (Å²) in [6.45, 7) is 2.94. The molecule has 0 saturated carbocycles. The average molecular weight is 430 g/mol.